The minimum Gasteiger partial charge on any atom is -0.314 e. The Morgan fingerprint density at radius 2 is 1.76 bits per heavy atom. The molecule has 1 atom stereocenters. The molecule has 0 bridgehead atoms. The topological polar surface area (TPSA) is 39.1 Å². The lowest BCUT2D eigenvalue weighted by Gasteiger charge is -2.41. The summed E-state index contributed by atoms with van der Waals surface area (Å²) < 4.78 is 0. The summed E-state index contributed by atoms with van der Waals surface area (Å²) in [6, 6.07) is 2.66. The number of nitrogens with zero attached hydrogens (tertiary/aromatic N) is 2. The van der Waals surface area contributed by atoms with Crippen LogP contribution in [0, 0.1) is 16.7 Å². The van der Waals surface area contributed by atoms with Crippen molar-refractivity contribution in [1.29, 1.82) is 5.26 Å². The van der Waals surface area contributed by atoms with Gasteiger partial charge in [-0.3, -0.25) is 4.90 Å². The van der Waals surface area contributed by atoms with Gasteiger partial charge in [-0.25, -0.2) is 0 Å². The predicted molar refractivity (Wildman–Crippen MR) is 69.7 cm³/mol. The molecule has 1 unspecified atom stereocenters. The van der Waals surface area contributed by atoms with Crippen LogP contribution in [0.15, 0.2) is 0 Å². The molecule has 2 aliphatic rings. The molecule has 1 aliphatic carbocycles. The summed E-state index contributed by atoms with van der Waals surface area (Å²) in [5, 5.41) is 13.1. The molecule has 1 N–H and O–H groups in total. The molecule has 2 fully saturated rings. The van der Waals surface area contributed by atoms with Crippen LogP contribution >= 0.6 is 0 Å². The molecule has 1 heterocycles. The van der Waals surface area contributed by atoms with E-state index in [0.29, 0.717) is 5.41 Å². The van der Waals surface area contributed by atoms with Gasteiger partial charge in [-0.1, -0.05) is 20.3 Å². The molecular weight excluding hydrogens is 210 g/mol. The second kappa shape index (κ2) is 4.96. The molecule has 2 rings (SSSR count). The monoisotopic (exact) mass is 235 g/mol. The Labute approximate surface area is 105 Å². The Morgan fingerprint density at radius 1 is 1.06 bits per heavy atom. The molecule has 1 aliphatic heterocycles. The highest BCUT2D eigenvalue weighted by molar-refractivity contribution is 5.10. The third kappa shape index (κ3) is 2.81. The van der Waals surface area contributed by atoms with Crippen molar-refractivity contribution in [3.8, 4) is 6.07 Å². The van der Waals surface area contributed by atoms with Crippen molar-refractivity contribution in [2.45, 2.75) is 51.5 Å². The van der Waals surface area contributed by atoms with E-state index in [1.54, 1.807) is 0 Å². The lowest BCUT2D eigenvalue weighted by molar-refractivity contribution is 0.101. The van der Waals surface area contributed by atoms with Gasteiger partial charge in [-0.05, 0) is 31.1 Å². The molecule has 96 valence electrons. The van der Waals surface area contributed by atoms with Gasteiger partial charge in [0.15, 0.2) is 0 Å². The number of rotatable bonds is 1. The maximum atomic E-state index is 9.68. The molecule has 0 spiro atoms. The van der Waals surface area contributed by atoms with Gasteiger partial charge in [-0.15, -0.1) is 0 Å². The summed E-state index contributed by atoms with van der Waals surface area (Å²) in [6.07, 6.45) is 5.76. The van der Waals surface area contributed by atoms with Crippen LogP contribution in [0.5, 0.6) is 0 Å². The number of piperazine rings is 1. The molecular formula is C14H25N3. The maximum Gasteiger partial charge on any atom is 0.109 e. The van der Waals surface area contributed by atoms with Crippen LogP contribution in [0.1, 0.15) is 46.0 Å². The van der Waals surface area contributed by atoms with E-state index in [-0.39, 0.29) is 5.54 Å². The molecule has 0 aromatic rings. The first-order valence-electron chi connectivity index (χ1n) is 6.95. The van der Waals surface area contributed by atoms with Crippen molar-refractivity contribution in [2.75, 3.05) is 26.2 Å². The van der Waals surface area contributed by atoms with Crippen molar-refractivity contribution in [3.63, 3.8) is 0 Å². The molecule has 0 radical (unpaired) electrons. The zero-order valence-electron chi connectivity index (χ0n) is 11.3. The maximum absolute atomic E-state index is 9.68. The minimum atomic E-state index is -0.171. The second-order valence-corrected chi connectivity index (χ2v) is 6.40. The van der Waals surface area contributed by atoms with Gasteiger partial charge in [0.2, 0.25) is 0 Å². The number of hydrogen-bond acceptors (Lipinski definition) is 3. The highest BCUT2D eigenvalue weighted by atomic mass is 15.2. The van der Waals surface area contributed by atoms with Crippen molar-refractivity contribution < 1.29 is 0 Å². The van der Waals surface area contributed by atoms with Crippen molar-refractivity contribution in [2.24, 2.45) is 5.41 Å². The number of hydrogen-bond donors (Lipinski definition) is 1. The summed E-state index contributed by atoms with van der Waals surface area (Å²) in [7, 11) is 0. The largest absolute Gasteiger partial charge is 0.314 e. The Kier molecular flexibility index (Phi) is 3.75. The van der Waals surface area contributed by atoms with E-state index in [2.05, 4.69) is 30.1 Å². The van der Waals surface area contributed by atoms with E-state index in [1.165, 1.54) is 19.3 Å². The summed E-state index contributed by atoms with van der Waals surface area (Å²) >= 11 is 0. The van der Waals surface area contributed by atoms with Crippen molar-refractivity contribution in [3.05, 3.63) is 0 Å². The quantitative estimate of drug-likeness (QED) is 0.708. The molecule has 3 heteroatoms. The normalized spacial score (nSPS) is 34.9. The Morgan fingerprint density at radius 3 is 2.41 bits per heavy atom. The van der Waals surface area contributed by atoms with Gasteiger partial charge in [0, 0.05) is 26.2 Å². The summed E-state index contributed by atoms with van der Waals surface area (Å²) in [5.41, 5.74) is 0.252. The minimum absolute atomic E-state index is 0.171. The molecule has 0 aromatic carbocycles. The third-order valence-corrected chi connectivity index (χ3v) is 4.59. The van der Waals surface area contributed by atoms with Crippen molar-refractivity contribution >= 4 is 0 Å². The SMILES string of the molecule is CC1(C)CCCC(C#N)(N2CCNCC2)CC1. The van der Waals surface area contributed by atoms with Crippen LogP contribution in [0.3, 0.4) is 0 Å². The van der Waals surface area contributed by atoms with E-state index in [4.69, 9.17) is 0 Å². The lowest BCUT2D eigenvalue weighted by atomic mass is 9.83. The van der Waals surface area contributed by atoms with E-state index in [9.17, 15) is 5.26 Å². The van der Waals surface area contributed by atoms with Crippen LogP contribution in [-0.4, -0.2) is 36.6 Å². The van der Waals surface area contributed by atoms with Gasteiger partial charge in [0.05, 0.1) is 6.07 Å². The summed E-state index contributed by atoms with van der Waals surface area (Å²) in [5.74, 6) is 0. The fourth-order valence-electron chi connectivity index (χ4n) is 3.25. The van der Waals surface area contributed by atoms with Crippen LogP contribution in [0.2, 0.25) is 0 Å². The van der Waals surface area contributed by atoms with Gasteiger partial charge < -0.3 is 5.32 Å². The molecule has 1 saturated heterocycles. The summed E-state index contributed by atoms with van der Waals surface area (Å²) in [6.45, 7) is 8.83. The Balaban J connectivity index is 2.11. The van der Waals surface area contributed by atoms with Crippen LogP contribution in [0.25, 0.3) is 0 Å². The smallest absolute Gasteiger partial charge is 0.109 e. The molecule has 3 nitrogen and oxygen atoms in total. The van der Waals surface area contributed by atoms with Crippen molar-refractivity contribution in [1.82, 2.24) is 10.2 Å². The van der Waals surface area contributed by atoms with E-state index in [1.807, 2.05) is 0 Å². The molecule has 17 heavy (non-hydrogen) atoms. The van der Waals surface area contributed by atoms with Gasteiger partial charge in [0.1, 0.15) is 5.54 Å². The standard InChI is InChI=1S/C14H25N3/c1-13(2)4-3-5-14(12-15,7-6-13)17-10-8-16-9-11-17/h16H,3-11H2,1-2H3. The molecule has 1 saturated carbocycles. The summed E-state index contributed by atoms with van der Waals surface area (Å²) in [4.78, 5) is 2.44. The zero-order chi connectivity index (χ0) is 12.4. The molecule has 0 amide bonds. The Bertz CT molecular complexity index is 299. The first-order chi connectivity index (χ1) is 8.08. The fraction of sp³-hybridized carbons (Fsp3) is 0.929. The van der Waals surface area contributed by atoms with E-state index in [0.717, 1.165) is 39.0 Å². The number of nitrogens with one attached hydrogen (secondary N) is 1. The number of nitriles is 1. The molecule has 0 aromatic heterocycles. The average Bonchev–Trinajstić information content (AvgIpc) is 2.50. The average molecular weight is 235 g/mol. The first kappa shape index (κ1) is 12.9. The fourth-order valence-corrected chi connectivity index (χ4v) is 3.25. The first-order valence-corrected chi connectivity index (χ1v) is 6.95. The van der Waals surface area contributed by atoms with Crippen LogP contribution in [0.4, 0.5) is 0 Å². The Hall–Kier alpha value is -0.590. The zero-order valence-corrected chi connectivity index (χ0v) is 11.3. The second-order valence-electron chi connectivity index (χ2n) is 6.40. The van der Waals surface area contributed by atoms with Gasteiger partial charge in [0.25, 0.3) is 0 Å². The lowest BCUT2D eigenvalue weighted by Crippen LogP contribution is -2.55. The highest BCUT2D eigenvalue weighted by Crippen LogP contribution is 2.40. The van der Waals surface area contributed by atoms with E-state index >= 15 is 0 Å². The highest BCUT2D eigenvalue weighted by Gasteiger charge is 2.40. The van der Waals surface area contributed by atoms with Crippen LogP contribution < -0.4 is 5.32 Å². The van der Waals surface area contributed by atoms with Gasteiger partial charge >= 0.3 is 0 Å². The van der Waals surface area contributed by atoms with E-state index < -0.39 is 0 Å². The van der Waals surface area contributed by atoms with Gasteiger partial charge in [-0.2, -0.15) is 5.26 Å². The third-order valence-electron chi connectivity index (χ3n) is 4.59. The van der Waals surface area contributed by atoms with Crippen LogP contribution in [-0.2, 0) is 0 Å². The predicted octanol–water partition coefficient (Wildman–Crippen LogP) is 2.14.